The van der Waals surface area contributed by atoms with Crippen molar-refractivity contribution in [3.05, 3.63) is 53.6 Å². The van der Waals surface area contributed by atoms with E-state index in [9.17, 15) is 19.2 Å². The maximum Gasteiger partial charge on any atom is 0.513 e. The minimum Gasteiger partial charge on any atom is -0.463 e. The molecule has 0 heterocycles. The van der Waals surface area contributed by atoms with E-state index in [-0.39, 0.29) is 49.3 Å². The molecule has 0 radical (unpaired) electrons. The standard InChI is InChI=1S/C63H102O13/c1-7-9-11-13-15-17-19-21-23-25-27-29-31-33-44-68-52(3)41-46-70-62(66)75-59-49-57(36-35-56-37-39-58(40-38-56)74-61(65)72-48-43-54(5)73-55(6)64)50-60(51-59)76-63(67)71-47-42-53(4)69-45-34-32-30-28-26-24-22-20-18-16-14-12-10-8-2/h35-40,49-54H,7-34,41-48H2,1-6H3/b36-35+/t52-,53-,54-/m1/s1. The normalized spacial score (nSPS) is 12.5. The maximum absolute atomic E-state index is 12.9. The molecule has 13 nitrogen and oxygen atoms in total. The topological polar surface area (TPSA) is 151 Å². The summed E-state index contributed by atoms with van der Waals surface area (Å²) in [6.45, 7) is 13.1. The molecule has 0 aliphatic heterocycles. The largest absolute Gasteiger partial charge is 0.513 e. The predicted octanol–water partition coefficient (Wildman–Crippen LogP) is 18.3. The lowest BCUT2D eigenvalue weighted by atomic mass is 10.0. The van der Waals surface area contributed by atoms with Crippen LogP contribution in [0.1, 0.15) is 252 Å². The lowest BCUT2D eigenvalue weighted by Crippen LogP contribution is -2.17. The Labute approximate surface area is 459 Å². The van der Waals surface area contributed by atoms with Crippen LogP contribution < -0.4 is 14.2 Å². The fraction of sp³-hybridized carbons (Fsp3) is 0.714. The van der Waals surface area contributed by atoms with E-state index in [0.717, 1.165) is 31.2 Å². The summed E-state index contributed by atoms with van der Waals surface area (Å²) in [5, 5.41) is 0. The van der Waals surface area contributed by atoms with Crippen molar-refractivity contribution in [1.82, 2.24) is 0 Å². The van der Waals surface area contributed by atoms with Crippen molar-refractivity contribution < 1.29 is 61.8 Å². The highest BCUT2D eigenvalue weighted by atomic mass is 16.7. The fourth-order valence-corrected chi connectivity index (χ4v) is 8.62. The summed E-state index contributed by atoms with van der Waals surface area (Å²) in [6.07, 6.45) is 38.3. The van der Waals surface area contributed by atoms with Crippen LogP contribution in [0.2, 0.25) is 0 Å². The lowest BCUT2D eigenvalue weighted by Gasteiger charge is -2.14. The number of esters is 1. The van der Waals surface area contributed by atoms with Crippen LogP contribution in [-0.2, 0) is 33.2 Å². The van der Waals surface area contributed by atoms with Gasteiger partial charge in [0, 0.05) is 45.5 Å². The van der Waals surface area contributed by atoms with Crippen LogP contribution in [-0.4, -0.2) is 75.8 Å². The van der Waals surface area contributed by atoms with Gasteiger partial charge < -0.3 is 42.6 Å². The third kappa shape index (κ3) is 39.7. The fourth-order valence-electron chi connectivity index (χ4n) is 8.62. The van der Waals surface area contributed by atoms with Crippen LogP contribution in [0.15, 0.2) is 42.5 Å². The van der Waals surface area contributed by atoms with Crippen LogP contribution in [0.3, 0.4) is 0 Å². The van der Waals surface area contributed by atoms with Crippen LogP contribution in [0.4, 0.5) is 14.4 Å². The molecule has 0 saturated carbocycles. The van der Waals surface area contributed by atoms with Crippen LogP contribution >= 0.6 is 0 Å². The van der Waals surface area contributed by atoms with Gasteiger partial charge in [0.1, 0.15) is 23.4 Å². The first-order valence-corrected chi connectivity index (χ1v) is 29.8. The maximum atomic E-state index is 12.9. The molecule has 2 aromatic carbocycles. The van der Waals surface area contributed by atoms with Gasteiger partial charge in [-0.2, -0.15) is 0 Å². The van der Waals surface area contributed by atoms with Crippen molar-refractivity contribution >= 4 is 36.6 Å². The first-order chi connectivity index (χ1) is 37.0. The van der Waals surface area contributed by atoms with Crippen LogP contribution in [0.5, 0.6) is 17.2 Å². The molecule has 13 heteroatoms. The third-order valence-electron chi connectivity index (χ3n) is 13.3. The molecule has 0 aliphatic rings. The molecular formula is C63H102O13. The summed E-state index contributed by atoms with van der Waals surface area (Å²) in [6, 6.07) is 11.4. The molecule has 0 aromatic heterocycles. The number of carbonyl (C=O) groups is 4. The Morgan fingerprint density at radius 1 is 0.382 bits per heavy atom. The van der Waals surface area contributed by atoms with E-state index in [2.05, 4.69) is 13.8 Å². The van der Waals surface area contributed by atoms with E-state index in [1.165, 1.54) is 167 Å². The SMILES string of the molecule is CCCCCCCCCCCCCCCCO[C@H](C)CCOC(=O)Oc1cc(/C=C/c2ccc(OC(=O)OCC[C@@H](C)OC(C)=O)cc2)cc(OC(=O)OCC[C@@H](C)OCCCCCCCCCCCCCCCC)c1. The van der Waals surface area contributed by atoms with Gasteiger partial charge in [0.2, 0.25) is 0 Å². The van der Waals surface area contributed by atoms with Gasteiger partial charge in [-0.3, -0.25) is 4.79 Å². The third-order valence-corrected chi connectivity index (χ3v) is 13.3. The van der Waals surface area contributed by atoms with E-state index >= 15 is 0 Å². The van der Waals surface area contributed by atoms with Crippen molar-refractivity contribution in [3.63, 3.8) is 0 Å². The van der Waals surface area contributed by atoms with E-state index in [4.69, 9.17) is 42.6 Å². The first kappa shape index (κ1) is 67.5. The Bertz CT molecular complexity index is 1720. The quantitative estimate of drug-likeness (QED) is 0.0203. The van der Waals surface area contributed by atoms with E-state index < -0.39 is 30.5 Å². The summed E-state index contributed by atoms with van der Waals surface area (Å²) >= 11 is 0. The highest BCUT2D eigenvalue weighted by Gasteiger charge is 2.15. The average molecular weight is 1070 g/mol. The molecule has 3 atom stereocenters. The molecule has 0 aliphatic carbocycles. The molecule has 0 amide bonds. The predicted molar refractivity (Wildman–Crippen MR) is 304 cm³/mol. The van der Waals surface area contributed by atoms with Crippen molar-refractivity contribution in [3.8, 4) is 17.2 Å². The minimum absolute atomic E-state index is 0.0274. The first-order valence-electron chi connectivity index (χ1n) is 29.8. The number of ether oxygens (including phenoxy) is 9. The summed E-state index contributed by atoms with van der Waals surface area (Å²) in [5.41, 5.74) is 1.31. The number of rotatable bonds is 47. The van der Waals surface area contributed by atoms with Crippen molar-refractivity contribution in [2.45, 2.75) is 259 Å². The Kier molecular flexibility index (Phi) is 41.3. The zero-order valence-corrected chi connectivity index (χ0v) is 48.2. The molecule has 0 spiro atoms. The molecule has 0 bridgehead atoms. The summed E-state index contributed by atoms with van der Waals surface area (Å²) < 4.78 is 49.3. The van der Waals surface area contributed by atoms with Gasteiger partial charge in [0.25, 0.3) is 0 Å². The van der Waals surface area contributed by atoms with Crippen LogP contribution in [0.25, 0.3) is 12.2 Å². The van der Waals surface area contributed by atoms with Crippen molar-refractivity contribution in [2.24, 2.45) is 0 Å². The molecular weight excluding hydrogens is 965 g/mol. The molecule has 0 N–H and O–H groups in total. The Balaban J connectivity index is 1.82. The minimum atomic E-state index is -0.898. The van der Waals surface area contributed by atoms with Gasteiger partial charge >= 0.3 is 24.4 Å². The summed E-state index contributed by atoms with van der Waals surface area (Å²) in [7, 11) is 0. The lowest BCUT2D eigenvalue weighted by molar-refractivity contribution is -0.146. The highest BCUT2D eigenvalue weighted by molar-refractivity contribution is 5.74. The number of benzene rings is 2. The molecule has 432 valence electrons. The Morgan fingerprint density at radius 2 is 0.697 bits per heavy atom. The number of unbranched alkanes of at least 4 members (excludes halogenated alkanes) is 26. The number of hydrogen-bond donors (Lipinski definition) is 0. The highest BCUT2D eigenvalue weighted by Crippen LogP contribution is 2.26. The molecule has 0 saturated heterocycles. The molecule has 76 heavy (non-hydrogen) atoms. The van der Waals surface area contributed by atoms with Gasteiger partial charge in [-0.25, -0.2) is 14.4 Å². The second kappa shape index (κ2) is 46.5. The van der Waals surface area contributed by atoms with Gasteiger partial charge in [0.15, 0.2) is 0 Å². The smallest absolute Gasteiger partial charge is 0.463 e. The average Bonchev–Trinajstić information content (AvgIpc) is 3.38. The monoisotopic (exact) mass is 1070 g/mol. The van der Waals surface area contributed by atoms with Crippen molar-refractivity contribution in [1.29, 1.82) is 0 Å². The van der Waals surface area contributed by atoms with Gasteiger partial charge in [-0.1, -0.05) is 205 Å². The molecule has 2 rings (SSSR count). The second-order valence-corrected chi connectivity index (χ2v) is 20.6. The van der Waals surface area contributed by atoms with E-state index in [1.807, 2.05) is 13.8 Å². The van der Waals surface area contributed by atoms with Crippen molar-refractivity contribution in [2.75, 3.05) is 33.0 Å². The van der Waals surface area contributed by atoms with Gasteiger partial charge in [-0.05, 0) is 69.0 Å². The zero-order chi connectivity index (χ0) is 55.1. The van der Waals surface area contributed by atoms with Crippen LogP contribution in [0, 0.1) is 0 Å². The van der Waals surface area contributed by atoms with Gasteiger partial charge in [0.05, 0.1) is 32.0 Å². The second-order valence-electron chi connectivity index (χ2n) is 20.6. The summed E-state index contributed by atoms with van der Waals surface area (Å²) in [4.78, 5) is 49.1. The summed E-state index contributed by atoms with van der Waals surface area (Å²) in [5.74, 6) is 0.0763. The molecule has 2 aromatic rings. The number of carbonyl (C=O) groups excluding carboxylic acids is 4. The Morgan fingerprint density at radius 3 is 1.05 bits per heavy atom. The molecule has 0 fully saturated rings. The molecule has 0 unspecified atom stereocenters. The number of hydrogen-bond acceptors (Lipinski definition) is 13. The van der Waals surface area contributed by atoms with E-state index in [0.29, 0.717) is 38.0 Å². The Hall–Kier alpha value is -4.62. The van der Waals surface area contributed by atoms with Gasteiger partial charge in [-0.15, -0.1) is 0 Å². The van der Waals surface area contributed by atoms with E-state index in [1.54, 1.807) is 55.5 Å². The zero-order valence-electron chi connectivity index (χ0n) is 48.2.